The lowest BCUT2D eigenvalue weighted by Gasteiger charge is -2.31. The summed E-state index contributed by atoms with van der Waals surface area (Å²) >= 11 is 0. The van der Waals surface area contributed by atoms with Gasteiger partial charge in [-0.15, -0.1) is 0 Å². The Labute approximate surface area is 213 Å². The Morgan fingerprint density at radius 2 is 2.00 bits per heavy atom. The number of ketones is 1. The molecule has 3 aromatic rings. The van der Waals surface area contributed by atoms with Crippen molar-refractivity contribution in [2.45, 2.75) is 52.2 Å². The zero-order valence-electron chi connectivity index (χ0n) is 21.3. The lowest BCUT2D eigenvalue weighted by Crippen LogP contribution is -2.44. The Bertz CT molecular complexity index is 1570. The largest absolute Gasteiger partial charge is 0.341 e. The number of aromatic nitrogens is 4. The summed E-state index contributed by atoms with van der Waals surface area (Å²) < 4.78 is 4.07. The number of carbonyl (C=O) groups excluding carboxylic acids is 2. The minimum atomic E-state index is -0.628. The van der Waals surface area contributed by atoms with Gasteiger partial charge in [0.05, 0.1) is 18.7 Å². The number of imidazole rings is 1. The molecule has 1 atom stereocenters. The molecule has 2 aliphatic heterocycles. The zero-order chi connectivity index (χ0) is 26.4. The van der Waals surface area contributed by atoms with E-state index < -0.39 is 23.6 Å². The average Bonchev–Trinajstić information content (AvgIpc) is 3.43. The predicted molar refractivity (Wildman–Crippen MR) is 141 cm³/mol. The van der Waals surface area contributed by atoms with Crippen molar-refractivity contribution in [3.8, 4) is 0 Å². The van der Waals surface area contributed by atoms with Gasteiger partial charge >= 0.3 is 5.69 Å². The van der Waals surface area contributed by atoms with E-state index in [-0.39, 0.29) is 35.1 Å². The SMILES string of the molecule is CC(C)=CCn1c(N2CCCC(N)C2)nc2c1c(=O)n(CC(=O)c1cccc3c1NC(=O)C3)c(=O)n2C. The number of para-hydroxylation sites is 1. The van der Waals surface area contributed by atoms with Gasteiger partial charge in [0.15, 0.2) is 16.9 Å². The second-order valence-corrected chi connectivity index (χ2v) is 10.0. The molecule has 11 heteroatoms. The van der Waals surface area contributed by atoms with E-state index in [1.165, 1.54) is 4.57 Å². The van der Waals surface area contributed by atoms with Crippen LogP contribution in [-0.2, 0) is 31.4 Å². The Morgan fingerprint density at radius 3 is 2.73 bits per heavy atom. The maximum absolute atomic E-state index is 13.8. The van der Waals surface area contributed by atoms with E-state index in [0.717, 1.165) is 35.1 Å². The van der Waals surface area contributed by atoms with E-state index in [2.05, 4.69) is 10.2 Å². The maximum atomic E-state index is 13.8. The third-order valence-electron chi connectivity index (χ3n) is 7.00. The van der Waals surface area contributed by atoms with Crippen molar-refractivity contribution in [2.24, 2.45) is 12.8 Å². The summed E-state index contributed by atoms with van der Waals surface area (Å²) in [5.74, 6) is -0.0458. The summed E-state index contributed by atoms with van der Waals surface area (Å²) in [6.45, 7) is 5.23. The molecule has 0 radical (unpaired) electrons. The lowest BCUT2D eigenvalue weighted by molar-refractivity contribution is -0.115. The second kappa shape index (κ2) is 9.47. The molecule has 11 nitrogen and oxygen atoms in total. The highest BCUT2D eigenvalue weighted by Gasteiger charge is 2.28. The molecule has 0 spiro atoms. The molecule has 194 valence electrons. The molecule has 0 bridgehead atoms. The second-order valence-electron chi connectivity index (χ2n) is 10.0. The molecule has 5 rings (SSSR count). The van der Waals surface area contributed by atoms with Gasteiger partial charge in [-0.2, -0.15) is 4.98 Å². The van der Waals surface area contributed by atoms with Crippen molar-refractivity contribution in [3.05, 3.63) is 61.8 Å². The summed E-state index contributed by atoms with van der Waals surface area (Å²) in [5.41, 5.74) is 8.05. The van der Waals surface area contributed by atoms with Crippen molar-refractivity contribution < 1.29 is 9.59 Å². The number of nitrogens with two attached hydrogens (primary N) is 1. The Balaban J connectivity index is 1.63. The van der Waals surface area contributed by atoms with Gasteiger partial charge in [0.1, 0.15) is 0 Å². The average molecular weight is 506 g/mol. The first kappa shape index (κ1) is 24.7. The first-order valence-electron chi connectivity index (χ1n) is 12.4. The number of fused-ring (bicyclic) bond motifs is 2. The van der Waals surface area contributed by atoms with Crippen LogP contribution in [0.4, 0.5) is 11.6 Å². The summed E-state index contributed by atoms with van der Waals surface area (Å²) in [6, 6.07) is 5.06. The fraction of sp³-hybridized carbons (Fsp3) is 0.423. The van der Waals surface area contributed by atoms with E-state index in [1.807, 2.05) is 24.5 Å². The standard InChI is InChI=1S/C26H31N7O4/c1-15(2)9-11-32-22-23(29-25(32)31-10-5-7-17(27)13-31)30(3)26(37)33(24(22)36)14-19(34)18-8-4-6-16-12-20(35)28-21(16)18/h4,6,8-9,17H,5,7,10-14,27H2,1-3H3,(H,28,35). The van der Waals surface area contributed by atoms with Gasteiger partial charge in [-0.05, 0) is 38.3 Å². The van der Waals surface area contributed by atoms with E-state index in [9.17, 15) is 19.2 Å². The number of rotatable bonds is 6. The summed E-state index contributed by atoms with van der Waals surface area (Å²) in [7, 11) is 1.55. The van der Waals surface area contributed by atoms with Gasteiger partial charge in [0, 0.05) is 38.3 Å². The number of carbonyl (C=O) groups is 2. The molecule has 2 aromatic heterocycles. The topological polar surface area (TPSA) is 137 Å². The van der Waals surface area contributed by atoms with Gasteiger partial charge in [-0.1, -0.05) is 23.8 Å². The Kier molecular flexibility index (Phi) is 6.32. The summed E-state index contributed by atoms with van der Waals surface area (Å²) in [5, 5.41) is 2.72. The fourth-order valence-electron chi connectivity index (χ4n) is 5.09. The van der Waals surface area contributed by atoms with Crippen LogP contribution >= 0.6 is 0 Å². The monoisotopic (exact) mass is 505 g/mol. The van der Waals surface area contributed by atoms with Crippen LogP contribution in [0.3, 0.4) is 0 Å². The number of hydrogen-bond donors (Lipinski definition) is 2. The molecular formula is C26H31N7O4. The van der Waals surface area contributed by atoms with Crippen LogP contribution in [0.5, 0.6) is 0 Å². The number of Topliss-reactive ketones (excluding diaryl/α,β-unsaturated/α-hetero) is 1. The third-order valence-corrected chi connectivity index (χ3v) is 7.00. The van der Waals surface area contributed by atoms with Crippen molar-refractivity contribution in [2.75, 3.05) is 23.3 Å². The molecule has 37 heavy (non-hydrogen) atoms. The molecule has 1 fully saturated rings. The molecule has 3 N–H and O–H groups in total. The number of anilines is 2. The first-order valence-corrected chi connectivity index (χ1v) is 12.4. The first-order chi connectivity index (χ1) is 17.7. The normalized spacial score (nSPS) is 17.1. The smallest absolute Gasteiger partial charge is 0.332 e. The van der Waals surface area contributed by atoms with Crippen molar-refractivity contribution in [3.63, 3.8) is 0 Å². The molecule has 0 saturated carbocycles. The van der Waals surface area contributed by atoms with Crippen LogP contribution in [0.15, 0.2) is 39.4 Å². The number of hydrogen-bond acceptors (Lipinski definition) is 7. The van der Waals surface area contributed by atoms with E-state index in [4.69, 9.17) is 10.7 Å². The predicted octanol–water partition coefficient (Wildman–Crippen LogP) is 1.17. The van der Waals surface area contributed by atoms with Crippen LogP contribution in [0.25, 0.3) is 11.2 Å². The van der Waals surface area contributed by atoms with Gasteiger partial charge in [0.2, 0.25) is 11.9 Å². The van der Waals surface area contributed by atoms with Gasteiger partial charge in [-0.3, -0.25) is 23.5 Å². The quantitative estimate of drug-likeness (QED) is 0.379. The number of allylic oxidation sites excluding steroid dienone is 2. The Hall–Kier alpha value is -3.99. The van der Waals surface area contributed by atoms with Crippen molar-refractivity contribution in [1.82, 2.24) is 18.7 Å². The van der Waals surface area contributed by atoms with E-state index in [1.54, 1.807) is 25.2 Å². The molecule has 0 aliphatic carbocycles. The van der Waals surface area contributed by atoms with Crippen molar-refractivity contribution >= 4 is 34.5 Å². The third kappa shape index (κ3) is 4.39. The molecule has 1 unspecified atom stereocenters. The van der Waals surface area contributed by atoms with E-state index in [0.29, 0.717) is 24.7 Å². The van der Waals surface area contributed by atoms with Crippen LogP contribution in [0, 0.1) is 0 Å². The van der Waals surface area contributed by atoms with Gasteiger partial charge in [-0.25, -0.2) is 4.79 Å². The number of benzene rings is 1. The zero-order valence-corrected chi connectivity index (χ0v) is 21.3. The number of piperidine rings is 1. The number of aryl methyl sites for hydroxylation is 1. The number of amides is 1. The van der Waals surface area contributed by atoms with E-state index >= 15 is 0 Å². The minimum Gasteiger partial charge on any atom is -0.341 e. The van der Waals surface area contributed by atoms with Gasteiger partial charge in [0.25, 0.3) is 5.56 Å². The molecule has 1 amide bonds. The summed E-state index contributed by atoms with van der Waals surface area (Å²) in [4.78, 5) is 59.0. The molecule has 1 aromatic carbocycles. The molecule has 1 saturated heterocycles. The highest BCUT2D eigenvalue weighted by molar-refractivity contribution is 6.09. The van der Waals surface area contributed by atoms with Crippen molar-refractivity contribution in [1.29, 1.82) is 0 Å². The van der Waals surface area contributed by atoms with Crippen LogP contribution in [0.2, 0.25) is 0 Å². The highest BCUT2D eigenvalue weighted by atomic mass is 16.2. The molecular weight excluding hydrogens is 474 g/mol. The fourth-order valence-corrected chi connectivity index (χ4v) is 5.09. The highest BCUT2D eigenvalue weighted by Crippen LogP contribution is 2.28. The Morgan fingerprint density at radius 1 is 1.22 bits per heavy atom. The van der Waals surface area contributed by atoms with Gasteiger partial charge < -0.3 is 20.5 Å². The molecule has 2 aliphatic rings. The van der Waals surface area contributed by atoms with Crippen LogP contribution in [0.1, 0.15) is 42.6 Å². The molecule has 4 heterocycles. The van der Waals surface area contributed by atoms with Crippen LogP contribution < -0.4 is 27.2 Å². The lowest BCUT2D eigenvalue weighted by atomic mass is 10.0. The minimum absolute atomic E-state index is 0.00310. The number of nitrogens with one attached hydrogen (secondary N) is 1. The van der Waals surface area contributed by atoms with Crippen LogP contribution in [-0.4, -0.2) is 49.5 Å². The number of nitrogens with zero attached hydrogens (tertiary/aromatic N) is 5. The summed E-state index contributed by atoms with van der Waals surface area (Å²) in [6.07, 6.45) is 4.01. The maximum Gasteiger partial charge on any atom is 0.332 e.